The summed E-state index contributed by atoms with van der Waals surface area (Å²) < 4.78 is 0. The van der Waals surface area contributed by atoms with Crippen LogP contribution in [0.25, 0.3) is 0 Å². The summed E-state index contributed by atoms with van der Waals surface area (Å²) in [7, 11) is 0. The van der Waals surface area contributed by atoms with Gasteiger partial charge in [0.1, 0.15) is 0 Å². The van der Waals surface area contributed by atoms with Crippen molar-refractivity contribution in [1.29, 1.82) is 0 Å². The van der Waals surface area contributed by atoms with Gasteiger partial charge < -0.3 is 4.98 Å². The van der Waals surface area contributed by atoms with E-state index < -0.39 is 10.5 Å². The van der Waals surface area contributed by atoms with Crippen molar-refractivity contribution in [2.45, 2.75) is 0 Å². The fourth-order valence-corrected chi connectivity index (χ4v) is 0.808. The second-order valence-electron chi connectivity index (χ2n) is 1.78. The van der Waals surface area contributed by atoms with Gasteiger partial charge in [-0.05, 0) is 0 Å². The van der Waals surface area contributed by atoms with Crippen LogP contribution in [0, 0.1) is 10.1 Å². The molecule has 0 aromatic carbocycles. The van der Waals surface area contributed by atoms with E-state index in [2.05, 4.69) is 4.98 Å². The van der Waals surface area contributed by atoms with Crippen LogP contribution in [0.2, 0.25) is 5.15 Å². The normalized spacial score (nSPS) is 9.55. The van der Waals surface area contributed by atoms with E-state index in [0.29, 0.717) is 0 Å². The Morgan fingerprint density at radius 1 is 1.55 bits per heavy atom. The smallest absolute Gasteiger partial charge is 0.304 e. The largest absolute Gasteiger partial charge is 0.307 e. The Bertz CT molecular complexity index is 346. The molecule has 0 unspecified atom stereocenters. The van der Waals surface area contributed by atoms with Gasteiger partial charge in [0.25, 0.3) is 0 Å². The third kappa shape index (κ3) is 1.56. The average molecular weight is 175 g/mol. The predicted molar refractivity (Wildman–Crippen MR) is 38.7 cm³/mol. The molecule has 0 spiro atoms. The number of rotatable bonds is 1. The Morgan fingerprint density at radius 2 is 2.18 bits per heavy atom. The summed E-state index contributed by atoms with van der Waals surface area (Å²) in [5.74, 6) is 0. The molecule has 0 saturated carbocycles. The Hall–Kier alpha value is -1.36. The number of halogens is 1. The van der Waals surface area contributed by atoms with Crippen LogP contribution in [-0.2, 0) is 0 Å². The second-order valence-corrected chi connectivity index (χ2v) is 2.16. The van der Waals surface area contributed by atoms with Crippen molar-refractivity contribution in [3.8, 4) is 0 Å². The third-order valence-corrected chi connectivity index (χ3v) is 1.34. The van der Waals surface area contributed by atoms with Crippen molar-refractivity contribution in [3.05, 3.63) is 37.8 Å². The minimum Gasteiger partial charge on any atom is -0.307 e. The zero-order valence-corrected chi connectivity index (χ0v) is 5.96. The van der Waals surface area contributed by atoms with E-state index in [9.17, 15) is 14.9 Å². The summed E-state index contributed by atoms with van der Waals surface area (Å²) in [5, 5.41) is 9.88. The van der Waals surface area contributed by atoms with Gasteiger partial charge >= 0.3 is 5.69 Å². The van der Waals surface area contributed by atoms with E-state index in [4.69, 9.17) is 11.6 Å². The molecule has 1 aromatic rings. The van der Waals surface area contributed by atoms with Crippen molar-refractivity contribution in [3.63, 3.8) is 0 Å². The second kappa shape index (κ2) is 2.71. The fraction of sp³-hybridized carbons (Fsp3) is 0. The van der Waals surface area contributed by atoms with Gasteiger partial charge in [-0.25, -0.2) is 0 Å². The molecule has 1 N–H and O–H groups in total. The molecule has 1 aromatic heterocycles. The highest BCUT2D eigenvalue weighted by Crippen LogP contribution is 2.17. The maximum absolute atomic E-state index is 10.5. The molecule has 0 radical (unpaired) electrons. The Labute approximate surface area is 65.8 Å². The summed E-state index contributed by atoms with van der Waals surface area (Å²) in [4.78, 5) is 22.1. The first-order valence-corrected chi connectivity index (χ1v) is 3.02. The van der Waals surface area contributed by atoms with Crippen LogP contribution in [0.1, 0.15) is 0 Å². The summed E-state index contributed by atoms with van der Waals surface area (Å²) in [6, 6.07) is 2.10. The SMILES string of the molecule is O=c1ccc([N+](=O)[O-])c(Cl)[nH]1. The van der Waals surface area contributed by atoms with Crippen molar-refractivity contribution in [2.24, 2.45) is 0 Å². The van der Waals surface area contributed by atoms with Gasteiger partial charge in [-0.2, -0.15) is 0 Å². The number of pyridine rings is 1. The van der Waals surface area contributed by atoms with Crippen LogP contribution in [0.5, 0.6) is 0 Å². The number of H-pyrrole nitrogens is 1. The molecular formula is C5H3ClN2O3. The molecule has 11 heavy (non-hydrogen) atoms. The standard InChI is InChI=1S/C5H3ClN2O3/c6-5-3(8(10)11)1-2-4(9)7-5/h1-2H,(H,7,9). The summed E-state index contributed by atoms with van der Waals surface area (Å²) in [6.07, 6.45) is 0. The molecule has 1 heterocycles. The van der Waals surface area contributed by atoms with E-state index in [1.165, 1.54) is 0 Å². The Kier molecular flexibility index (Phi) is 1.91. The number of nitrogens with zero attached hydrogens (tertiary/aromatic N) is 1. The van der Waals surface area contributed by atoms with Gasteiger partial charge in [-0.3, -0.25) is 14.9 Å². The Morgan fingerprint density at radius 3 is 2.64 bits per heavy atom. The highest BCUT2D eigenvalue weighted by atomic mass is 35.5. The summed E-state index contributed by atoms with van der Waals surface area (Å²) in [6.45, 7) is 0. The lowest BCUT2D eigenvalue weighted by Crippen LogP contribution is -2.04. The van der Waals surface area contributed by atoms with Crippen molar-refractivity contribution >= 4 is 17.3 Å². The van der Waals surface area contributed by atoms with E-state index in [-0.39, 0.29) is 10.8 Å². The first-order valence-electron chi connectivity index (χ1n) is 2.64. The van der Waals surface area contributed by atoms with Crippen LogP contribution in [-0.4, -0.2) is 9.91 Å². The van der Waals surface area contributed by atoms with Gasteiger partial charge in [0.05, 0.1) is 4.92 Å². The zero-order chi connectivity index (χ0) is 8.43. The number of aromatic nitrogens is 1. The fourth-order valence-electron chi connectivity index (χ4n) is 0.583. The lowest BCUT2D eigenvalue weighted by molar-refractivity contribution is -0.385. The molecule has 0 amide bonds. The molecule has 0 aliphatic rings. The molecule has 0 aliphatic heterocycles. The van der Waals surface area contributed by atoms with Crippen molar-refractivity contribution < 1.29 is 4.92 Å². The molecular weight excluding hydrogens is 172 g/mol. The first kappa shape index (κ1) is 7.74. The molecule has 0 saturated heterocycles. The highest BCUT2D eigenvalue weighted by molar-refractivity contribution is 6.31. The van der Waals surface area contributed by atoms with Crippen molar-refractivity contribution in [1.82, 2.24) is 4.98 Å². The molecule has 1 rings (SSSR count). The molecule has 0 atom stereocenters. The number of nitro groups is 1. The lowest BCUT2D eigenvalue weighted by Gasteiger charge is -1.91. The maximum atomic E-state index is 10.5. The number of hydrogen-bond acceptors (Lipinski definition) is 3. The number of aromatic amines is 1. The van der Waals surface area contributed by atoms with Crippen LogP contribution in [0.3, 0.4) is 0 Å². The summed E-state index contributed by atoms with van der Waals surface area (Å²) in [5.41, 5.74) is -0.758. The zero-order valence-electron chi connectivity index (χ0n) is 5.20. The lowest BCUT2D eigenvalue weighted by atomic mass is 10.4. The van der Waals surface area contributed by atoms with Crippen molar-refractivity contribution in [2.75, 3.05) is 0 Å². The van der Waals surface area contributed by atoms with E-state index in [1.54, 1.807) is 0 Å². The van der Waals surface area contributed by atoms with E-state index in [1.807, 2.05) is 0 Å². The topological polar surface area (TPSA) is 76.0 Å². The molecule has 5 nitrogen and oxygen atoms in total. The molecule has 58 valence electrons. The number of hydrogen-bond donors (Lipinski definition) is 1. The minimum absolute atomic E-state index is 0.248. The molecule has 0 bridgehead atoms. The highest BCUT2D eigenvalue weighted by Gasteiger charge is 2.10. The van der Waals surface area contributed by atoms with Crippen LogP contribution in [0.15, 0.2) is 16.9 Å². The van der Waals surface area contributed by atoms with Crippen LogP contribution >= 0.6 is 11.6 Å². The monoisotopic (exact) mass is 174 g/mol. The average Bonchev–Trinajstić information content (AvgIpc) is 1.85. The summed E-state index contributed by atoms with van der Waals surface area (Å²) >= 11 is 5.33. The van der Waals surface area contributed by atoms with Gasteiger partial charge in [-0.1, -0.05) is 11.6 Å². The van der Waals surface area contributed by atoms with Gasteiger partial charge in [0.15, 0.2) is 5.15 Å². The third-order valence-electron chi connectivity index (χ3n) is 1.05. The quantitative estimate of drug-likeness (QED) is 0.391. The van der Waals surface area contributed by atoms with Crippen LogP contribution < -0.4 is 5.56 Å². The minimum atomic E-state index is -0.668. The van der Waals surface area contributed by atoms with E-state index >= 15 is 0 Å². The van der Waals surface area contributed by atoms with Gasteiger partial charge in [0.2, 0.25) is 5.56 Å². The Balaban J connectivity index is 3.31. The van der Waals surface area contributed by atoms with Crippen LogP contribution in [0.4, 0.5) is 5.69 Å². The molecule has 6 heteroatoms. The number of nitrogens with one attached hydrogen (secondary N) is 1. The first-order chi connectivity index (χ1) is 5.11. The predicted octanol–water partition coefficient (Wildman–Crippen LogP) is 0.936. The maximum Gasteiger partial charge on any atom is 0.304 e. The van der Waals surface area contributed by atoms with Gasteiger partial charge in [-0.15, -0.1) is 0 Å². The molecule has 0 aliphatic carbocycles. The molecule has 0 fully saturated rings. The van der Waals surface area contributed by atoms with Gasteiger partial charge in [0, 0.05) is 12.1 Å². The van der Waals surface area contributed by atoms with E-state index in [0.717, 1.165) is 12.1 Å².